The molecular formula is C10H19ClN2. The number of halogens is 1. The Morgan fingerprint density at radius 1 is 1.69 bits per heavy atom. The van der Waals surface area contributed by atoms with E-state index in [0.29, 0.717) is 17.6 Å². The van der Waals surface area contributed by atoms with Crippen molar-refractivity contribution in [3.05, 3.63) is 11.6 Å². The van der Waals surface area contributed by atoms with Crippen molar-refractivity contribution in [2.45, 2.75) is 31.8 Å². The second kappa shape index (κ2) is 4.99. The van der Waals surface area contributed by atoms with Crippen molar-refractivity contribution >= 4 is 11.6 Å². The van der Waals surface area contributed by atoms with Crippen LogP contribution in [0.25, 0.3) is 0 Å². The van der Waals surface area contributed by atoms with E-state index in [1.54, 1.807) is 0 Å². The zero-order valence-electron chi connectivity index (χ0n) is 8.52. The largest absolute Gasteiger partial charge is 0.310 e. The van der Waals surface area contributed by atoms with Gasteiger partial charge in [-0.15, -0.1) is 0 Å². The predicted octanol–water partition coefficient (Wildman–Crippen LogP) is 1.81. The normalized spacial score (nSPS) is 19.1. The third kappa shape index (κ3) is 4.12. The Morgan fingerprint density at radius 2 is 2.31 bits per heavy atom. The lowest BCUT2D eigenvalue weighted by Crippen LogP contribution is -2.39. The summed E-state index contributed by atoms with van der Waals surface area (Å²) >= 11 is 5.65. The molecule has 3 heteroatoms. The van der Waals surface area contributed by atoms with Gasteiger partial charge in [0.15, 0.2) is 0 Å². The topological polar surface area (TPSA) is 15.3 Å². The Kier molecular flexibility index (Phi) is 4.23. The number of rotatable bonds is 6. The molecule has 76 valence electrons. The van der Waals surface area contributed by atoms with Gasteiger partial charge in [-0.1, -0.05) is 18.2 Å². The molecule has 0 saturated heterocycles. The fourth-order valence-electron chi connectivity index (χ4n) is 1.40. The standard InChI is InChI=1S/C10H19ClN2/c1-8(11)6-12-7-9(2)13(3)10-4-5-10/h9-10,12H,1,4-7H2,2-3H3. The number of nitrogens with zero attached hydrogens (tertiary/aromatic N) is 1. The van der Waals surface area contributed by atoms with Gasteiger partial charge < -0.3 is 5.32 Å². The monoisotopic (exact) mass is 202 g/mol. The number of hydrogen-bond acceptors (Lipinski definition) is 2. The molecule has 0 amide bonds. The molecule has 1 aliphatic carbocycles. The molecule has 1 N–H and O–H groups in total. The van der Waals surface area contributed by atoms with E-state index in [-0.39, 0.29) is 0 Å². The molecule has 0 aromatic carbocycles. The lowest BCUT2D eigenvalue weighted by molar-refractivity contribution is 0.243. The van der Waals surface area contributed by atoms with Crippen LogP contribution in [0.3, 0.4) is 0 Å². The van der Waals surface area contributed by atoms with Gasteiger partial charge in [-0.2, -0.15) is 0 Å². The average Bonchev–Trinajstić information content (AvgIpc) is 2.84. The van der Waals surface area contributed by atoms with Gasteiger partial charge >= 0.3 is 0 Å². The van der Waals surface area contributed by atoms with Gasteiger partial charge in [0.25, 0.3) is 0 Å². The van der Waals surface area contributed by atoms with Crippen LogP contribution in [0.5, 0.6) is 0 Å². The van der Waals surface area contributed by atoms with Gasteiger partial charge in [-0.05, 0) is 26.8 Å². The Balaban J connectivity index is 2.09. The minimum atomic E-state index is 0.587. The molecule has 0 radical (unpaired) electrons. The lowest BCUT2D eigenvalue weighted by Gasteiger charge is -2.24. The number of likely N-dealkylation sites (N-methyl/N-ethyl adjacent to an activating group) is 1. The highest BCUT2D eigenvalue weighted by Gasteiger charge is 2.28. The van der Waals surface area contributed by atoms with Crippen molar-refractivity contribution in [1.29, 1.82) is 0 Å². The molecule has 0 aliphatic heterocycles. The zero-order chi connectivity index (χ0) is 9.84. The first-order chi connectivity index (χ1) is 6.11. The Bertz CT molecular complexity index is 178. The van der Waals surface area contributed by atoms with E-state index in [9.17, 15) is 0 Å². The van der Waals surface area contributed by atoms with E-state index in [2.05, 4.69) is 30.8 Å². The molecule has 0 aromatic heterocycles. The second-order valence-electron chi connectivity index (χ2n) is 3.89. The molecule has 1 fully saturated rings. The first-order valence-electron chi connectivity index (χ1n) is 4.87. The summed E-state index contributed by atoms with van der Waals surface area (Å²) in [5, 5.41) is 3.96. The highest BCUT2D eigenvalue weighted by molar-refractivity contribution is 6.29. The lowest BCUT2D eigenvalue weighted by atomic mass is 10.3. The summed E-state index contributed by atoms with van der Waals surface area (Å²) in [5.41, 5.74) is 0. The maximum Gasteiger partial charge on any atom is 0.0308 e. The van der Waals surface area contributed by atoms with Crippen molar-refractivity contribution in [2.24, 2.45) is 0 Å². The summed E-state index contributed by atoms with van der Waals surface area (Å²) in [6.45, 7) is 7.57. The van der Waals surface area contributed by atoms with E-state index < -0.39 is 0 Å². The molecule has 0 aromatic rings. The van der Waals surface area contributed by atoms with Crippen LogP contribution < -0.4 is 5.32 Å². The smallest absolute Gasteiger partial charge is 0.0308 e. The van der Waals surface area contributed by atoms with Crippen LogP contribution in [0.2, 0.25) is 0 Å². The Labute approximate surface area is 85.9 Å². The second-order valence-corrected chi connectivity index (χ2v) is 4.43. The SMILES string of the molecule is C=C(Cl)CNCC(C)N(C)C1CC1. The van der Waals surface area contributed by atoms with Crippen LogP contribution in [-0.2, 0) is 0 Å². The van der Waals surface area contributed by atoms with Crippen LogP contribution in [0.4, 0.5) is 0 Å². The summed E-state index contributed by atoms with van der Waals surface area (Å²) in [7, 11) is 2.19. The first kappa shape index (κ1) is 11.0. The molecular weight excluding hydrogens is 184 g/mol. The quantitative estimate of drug-likeness (QED) is 0.707. The molecule has 0 bridgehead atoms. The van der Waals surface area contributed by atoms with Gasteiger partial charge in [0.05, 0.1) is 0 Å². The molecule has 1 unspecified atom stereocenters. The van der Waals surface area contributed by atoms with Crippen LogP contribution >= 0.6 is 11.6 Å². The van der Waals surface area contributed by atoms with Gasteiger partial charge in [0.1, 0.15) is 0 Å². The maximum absolute atomic E-state index is 5.65. The van der Waals surface area contributed by atoms with Gasteiger partial charge in [0, 0.05) is 30.2 Å². The third-order valence-electron chi connectivity index (χ3n) is 2.57. The van der Waals surface area contributed by atoms with Gasteiger partial charge in [-0.25, -0.2) is 0 Å². The molecule has 1 rings (SSSR count). The zero-order valence-corrected chi connectivity index (χ0v) is 9.27. The van der Waals surface area contributed by atoms with E-state index in [1.807, 2.05) is 0 Å². The van der Waals surface area contributed by atoms with E-state index in [0.717, 1.165) is 12.6 Å². The number of nitrogens with one attached hydrogen (secondary N) is 1. The third-order valence-corrected chi connectivity index (χ3v) is 2.71. The minimum absolute atomic E-state index is 0.587. The summed E-state index contributed by atoms with van der Waals surface area (Å²) in [5.74, 6) is 0. The summed E-state index contributed by atoms with van der Waals surface area (Å²) < 4.78 is 0. The van der Waals surface area contributed by atoms with E-state index in [1.165, 1.54) is 12.8 Å². The molecule has 0 heterocycles. The molecule has 2 nitrogen and oxygen atoms in total. The van der Waals surface area contributed by atoms with Crippen molar-refractivity contribution in [2.75, 3.05) is 20.1 Å². The molecule has 0 spiro atoms. The van der Waals surface area contributed by atoms with Gasteiger partial charge in [-0.3, -0.25) is 4.90 Å². The molecule has 1 aliphatic rings. The molecule has 1 atom stereocenters. The summed E-state index contributed by atoms with van der Waals surface area (Å²) in [6, 6.07) is 1.42. The predicted molar refractivity (Wildman–Crippen MR) is 58.1 cm³/mol. The van der Waals surface area contributed by atoms with Crippen molar-refractivity contribution in [3.8, 4) is 0 Å². The Morgan fingerprint density at radius 3 is 2.77 bits per heavy atom. The van der Waals surface area contributed by atoms with E-state index >= 15 is 0 Å². The van der Waals surface area contributed by atoms with Crippen LogP contribution in [-0.4, -0.2) is 37.1 Å². The van der Waals surface area contributed by atoms with Crippen LogP contribution in [0, 0.1) is 0 Å². The Hall–Kier alpha value is -0.0500. The van der Waals surface area contributed by atoms with Crippen LogP contribution in [0.1, 0.15) is 19.8 Å². The fourth-order valence-corrected chi connectivity index (χ4v) is 1.50. The number of hydrogen-bond donors (Lipinski definition) is 1. The highest BCUT2D eigenvalue weighted by Crippen LogP contribution is 2.26. The molecule has 1 saturated carbocycles. The van der Waals surface area contributed by atoms with Crippen molar-refractivity contribution in [1.82, 2.24) is 10.2 Å². The minimum Gasteiger partial charge on any atom is -0.310 e. The van der Waals surface area contributed by atoms with E-state index in [4.69, 9.17) is 11.6 Å². The van der Waals surface area contributed by atoms with Crippen LogP contribution in [0.15, 0.2) is 11.6 Å². The average molecular weight is 203 g/mol. The maximum atomic E-state index is 5.65. The van der Waals surface area contributed by atoms with Gasteiger partial charge in [0.2, 0.25) is 0 Å². The van der Waals surface area contributed by atoms with Crippen molar-refractivity contribution in [3.63, 3.8) is 0 Å². The highest BCUT2D eigenvalue weighted by atomic mass is 35.5. The van der Waals surface area contributed by atoms with Crippen molar-refractivity contribution < 1.29 is 0 Å². The summed E-state index contributed by atoms with van der Waals surface area (Å²) in [6.07, 6.45) is 2.73. The first-order valence-corrected chi connectivity index (χ1v) is 5.25. The summed E-state index contributed by atoms with van der Waals surface area (Å²) in [4.78, 5) is 2.43. The molecule has 13 heavy (non-hydrogen) atoms. The fraction of sp³-hybridized carbons (Fsp3) is 0.800.